The lowest BCUT2D eigenvalue weighted by Gasteiger charge is -2.13. The van der Waals surface area contributed by atoms with Gasteiger partial charge in [0, 0.05) is 27.3 Å². The molecule has 0 saturated heterocycles. The van der Waals surface area contributed by atoms with E-state index in [2.05, 4.69) is 10.2 Å². The minimum atomic E-state index is -3.99. The van der Waals surface area contributed by atoms with Gasteiger partial charge in [0.15, 0.2) is 5.82 Å². The summed E-state index contributed by atoms with van der Waals surface area (Å²) in [5, 5.41) is 8.05. The van der Waals surface area contributed by atoms with E-state index in [1.807, 2.05) is 0 Å². The van der Waals surface area contributed by atoms with Gasteiger partial charge in [-0.05, 0) is 32.0 Å². The van der Waals surface area contributed by atoms with Crippen molar-refractivity contribution < 1.29 is 8.42 Å². The largest absolute Gasteiger partial charge is 0.296 e. The first-order valence-electron chi connectivity index (χ1n) is 5.57. The van der Waals surface area contributed by atoms with Gasteiger partial charge in [0.1, 0.15) is 0 Å². The molecule has 0 N–H and O–H groups in total. The van der Waals surface area contributed by atoms with E-state index in [1.54, 1.807) is 32.0 Å². The SMILES string of the molecule is CC(C)n1c(-c2ccc(Cl)cc2Cl)nnc1S(=O)(=O)Cl. The molecule has 0 aliphatic rings. The van der Waals surface area contributed by atoms with Crippen LogP contribution in [0.1, 0.15) is 19.9 Å². The molecule has 2 aromatic rings. The summed E-state index contributed by atoms with van der Waals surface area (Å²) in [5.41, 5.74) is 0.531. The van der Waals surface area contributed by atoms with Gasteiger partial charge in [-0.2, -0.15) is 0 Å². The van der Waals surface area contributed by atoms with Crippen LogP contribution in [0.5, 0.6) is 0 Å². The summed E-state index contributed by atoms with van der Waals surface area (Å²) < 4.78 is 24.5. The third-order valence-corrected chi connectivity index (χ3v) is 4.25. The minimum Gasteiger partial charge on any atom is -0.294 e. The van der Waals surface area contributed by atoms with Gasteiger partial charge in [-0.15, -0.1) is 10.2 Å². The lowest BCUT2D eigenvalue weighted by Crippen LogP contribution is -2.10. The molecule has 0 radical (unpaired) electrons. The molecule has 2 rings (SSSR count). The van der Waals surface area contributed by atoms with E-state index in [-0.39, 0.29) is 11.2 Å². The molecule has 0 unspecified atom stereocenters. The van der Waals surface area contributed by atoms with Crippen molar-refractivity contribution in [3.05, 3.63) is 28.2 Å². The van der Waals surface area contributed by atoms with Gasteiger partial charge in [0.05, 0.1) is 5.02 Å². The van der Waals surface area contributed by atoms with Crippen LogP contribution in [0.15, 0.2) is 23.4 Å². The quantitative estimate of drug-likeness (QED) is 0.787. The number of halogens is 3. The van der Waals surface area contributed by atoms with Crippen molar-refractivity contribution in [2.75, 3.05) is 0 Å². The zero-order valence-corrected chi connectivity index (χ0v) is 13.6. The van der Waals surface area contributed by atoms with Gasteiger partial charge in [-0.25, -0.2) is 8.42 Å². The van der Waals surface area contributed by atoms with Crippen molar-refractivity contribution in [1.29, 1.82) is 0 Å². The van der Waals surface area contributed by atoms with E-state index >= 15 is 0 Å². The molecular weight excluding hydrogens is 345 g/mol. The van der Waals surface area contributed by atoms with Crippen molar-refractivity contribution in [3.63, 3.8) is 0 Å². The summed E-state index contributed by atoms with van der Waals surface area (Å²) in [5.74, 6) is 0.320. The first kappa shape index (κ1) is 15.6. The van der Waals surface area contributed by atoms with Crippen molar-refractivity contribution in [2.24, 2.45) is 0 Å². The first-order chi connectivity index (χ1) is 9.21. The molecular formula is C11H10Cl3N3O2S. The van der Waals surface area contributed by atoms with Gasteiger partial charge in [0.2, 0.25) is 0 Å². The molecule has 0 aliphatic carbocycles. The fraction of sp³-hybridized carbons (Fsp3) is 0.273. The lowest BCUT2D eigenvalue weighted by atomic mass is 10.2. The smallest absolute Gasteiger partial charge is 0.294 e. The summed E-state index contributed by atoms with van der Waals surface area (Å²) in [7, 11) is 1.37. The van der Waals surface area contributed by atoms with E-state index in [0.717, 1.165) is 0 Å². The van der Waals surface area contributed by atoms with Crippen molar-refractivity contribution in [2.45, 2.75) is 25.0 Å². The first-order valence-corrected chi connectivity index (χ1v) is 8.63. The second kappa shape index (κ2) is 5.52. The van der Waals surface area contributed by atoms with Crippen molar-refractivity contribution in [3.8, 4) is 11.4 Å². The van der Waals surface area contributed by atoms with Gasteiger partial charge < -0.3 is 0 Å². The van der Waals surface area contributed by atoms with Crippen LogP contribution in [0, 0.1) is 0 Å². The second-order valence-electron chi connectivity index (χ2n) is 4.33. The average molecular weight is 355 g/mol. The summed E-state index contributed by atoms with van der Waals surface area (Å²) in [6.07, 6.45) is 0. The normalized spacial score (nSPS) is 12.1. The van der Waals surface area contributed by atoms with Crippen LogP contribution in [0.25, 0.3) is 11.4 Å². The number of hydrogen-bond acceptors (Lipinski definition) is 4. The van der Waals surface area contributed by atoms with E-state index in [0.29, 0.717) is 21.4 Å². The van der Waals surface area contributed by atoms with Crippen LogP contribution < -0.4 is 0 Å². The van der Waals surface area contributed by atoms with Crippen LogP contribution in [0.2, 0.25) is 10.0 Å². The molecule has 0 aliphatic heterocycles. The summed E-state index contributed by atoms with van der Waals surface area (Å²) in [6, 6.07) is 4.62. The fourth-order valence-corrected chi connectivity index (χ4v) is 3.24. The van der Waals surface area contributed by atoms with Crippen LogP contribution >= 0.6 is 33.9 Å². The van der Waals surface area contributed by atoms with Crippen LogP contribution in [-0.4, -0.2) is 23.2 Å². The van der Waals surface area contributed by atoms with Crippen molar-refractivity contribution >= 4 is 42.9 Å². The van der Waals surface area contributed by atoms with Gasteiger partial charge in [-0.3, -0.25) is 4.57 Å². The Morgan fingerprint density at radius 3 is 2.35 bits per heavy atom. The van der Waals surface area contributed by atoms with Gasteiger partial charge in [0.25, 0.3) is 14.2 Å². The Bertz CT molecular complexity index is 756. The number of rotatable bonds is 3. The van der Waals surface area contributed by atoms with Crippen LogP contribution in [0.4, 0.5) is 0 Å². The number of nitrogens with zero attached hydrogens (tertiary/aromatic N) is 3. The Morgan fingerprint density at radius 2 is 1.85 bits per heavy atom. The predicted molar refractivity (Wildman–Crippen MR) is 78.9 cm³/mol. The van der Waals surface area contributed by atoms with Gasteiger partial charge in [-0.1, -0.05) is 23.2 Å². The molecule has 20 heavy (non-hydrogen) atoms. The number of benzene rings is 1. The number of aromatic nitrogens is 3. The second-order valence-corrected chi connectivity index (χ2v) is 7.64. The molecule has 1 aromatic heterocycles. The highest BCUT2D eigenvalue weighted by atomic mass is 35.7. The van der Waals surface area contributed by atoms with E-state index < -0.39 is 9.05 Å². The Balaban J connectivity index is 2.73. The molecule has 0 bridgehead atoms. The maximum absolute atomic E-state index is 11.5. The van der Waals surface area contributed by atoms with E-state index in [4.69, 9.17) is 33.9 Å². The Hall–Kier alpha value is -0.820. The highest BCUT2D eigenvalue weighted by Crippen LogP contribution is 2.32. The Kier molecular flexibility index (Phi) is 4.30. The molecule has 9 heteroatoms. The van der Waals surface area contributed by atoms with Crippen LogP contribution in [0.3, 0.4) is 0 Å². The zero-order valence-electron chi connectivity index (χ0n) is 10.5. The lowest BCUT2D eigenvalue weighted by molar-refractivity contribution is 0.530. The van der Waals surface area contributed by atoms with Gasteiger partial charge >= 0.3 is 0 Å². The Labute approximate surface area is 130 Å². The molecule has 0 fully saturated rings. The monoisotopic (exact) mass is 353 g/mol. The van der Waals surface area contributed by atoms with Crippen LogP contribution in [-0.2, 0) is 9.05 Å². The maximum Gasteiger partial charge on any atom is 0.296 e. The summed E-state index contributed by atoms with van der Waals surface area (Å²) in [4.78, 5) is 0. The molecule has 0 saturated carbocycles. The fourth-order valence-electron chi connectivity index (χ4n) is 1.76. The highest BCUT2D eigenvalue weighted by Gasteiger charge is 2.25. The Morgan fingerprint density at radius 1 is 1.20 bits per heavy atom. The molecule has 108 valence electrons. The third kappa shape index (κ3) is 2.93. The average Bonchev–Trinajstić information content (AvgIpc) is 2.72. The molecule has 0 spiro atoms. The predicted octanol–water partition coefficient (Wildman–Crippen LogP) is 3.76. The molecule has 0 atom stereocenters. The minimum absolute atomic E-state index is 0.213. The van der Waals surface area contributed by atoms with E-state index in [1.165, 1.54) is 4.57 Å². The standard InChI is InChI=1S/C11H10Cl3N3O2S/c1-6(2)17-10(15-16-11(17)20(14,18)19)8-4-3-7(12)5-9(8)13/h3-6H,1-2H3. The zero-order chi connectivity index (χ0) is 15.1. The summed E-state index contributed by atoms with van der Waals surface area (Å²) >= 11 is 12.0. The third-order valence-electron chi connectivity index (χ3n) is 2.57. The number of hydrogen-bond donors (Lipinski definition) is 0. The molecule has 1 heterocycles. The van der Waals surface area contributed by atoms with Crippen molar-refractivity contribution in [1.82, 2.24) is 14.8 Å². The maximum atomic E-state index is 11.5. The highest BCUT2D eigenvalue weighted by molar-refractivity contribution is 8.13. The summed E-state index contributed by atoms with van der Waals surface area (Å²) in [6.45, 7) is 3.59. The van der Waals surface area contributed by atoms with E-state index in [9.17, 15) is 8.42 Å². The molecule has 5 nitrogen and oxygen atoms in total. The molecule has 1 aromatic carbocycles. The topological polar surface area (TPSA) is 64.8 Å². The molecule has 0 amide bonds.